The van der Waals surface area contributed by atoms with Gasteiger partial charge in [0.2, 0.25) is 0 Å². The zero-order chi connectivity index (χ0) is 11.4. The maximum absolute atomic E-state index is 4.33. The predicted molar refractivity (Wildman–Crippen MR) is 66.5 cm³/mol. The molecule has 1 aliphatic rings. The molecule has 16 heavy (non-hydrogen) atoms. The predicted octanol–water partition coefficient (Wildman–Crippen LogP) is 3.17. The van der Waals surface area contributed by atoms with Crippen molar-refractivity contribution in [2.75, 3.05) is 11.9 Å². The van der Waals surface area contributed by atoms with Gasteiger partial charge in [-0.2, -0.15) is 0 Å². The average Bonchev–Trinajstić information content (AvgIpc) is 2.78. The lowest BCUT2D eigenvalue weighted by atomic mass is 9.83. The summed E-state index contributed by atoms with van der Waals surface area (Å²) in [5, 5.41) is 3.47. The molecular weight excluding hydrogens is 198 g/mol. The molecule has 88 valence electrons. The Balaban J connectivity index is 1.98. The van der Waals surface area contributed by atoms with Gasteiger partial charge in [-0.05, 0) is 31.6 Å². The summed E-state index contributed by atoms with van der Waals surface area (Å²) in [6, 6.07) is 0. The molecule has 0 amide bonds. The summed E-state index contributed by atoms with van der Waals surface area (Å²) < 4.78 is 0. The smallest absolute Gasteiger partial charge is 0.147 e. The number of anilines is 1. The molecule has 0 spiro atoms. The van der Waals surface area contributed by atoms with Crippen LogP contribution in [0.4, 0.5) is 5.82 Å². The molecule has 0 atom stereocenters. The normalized spacial score (nSPS) is 18.6. The third-order valence-corrected chi connectivity index (χ3v) is 3.93. The summed E-state index contributed by atoms with van der Waals surface area (Å²) in [7, 11) is 0. The lowest BCUT2D eigenvalue weighted by molar-refractivity contribution is 0.306. The van der Waals surface area contributed by atoms with Crippen LogP contribution in [0.2, 0.25) is 0 Å². The molecule has 0 saturated heterocycles. The van der Waals surface area contributed by atoms with Gasteiger partial charge < -0.3 is 5.32 Å². The van der Waals surface area contributed by atoms with Gasteiger partial charge in [0.05, 0.1) is 5.69 Å². The number of rotatable bonds is 4. The second-order valence-electron chi connectivity index (χ2n) is 4.90. The van der Waals surface area contributed by atoms with Crippen molar-refractivity contribution in [3.8, 4) is 0 Å². The Morgan fingerprint density at radius 1 is 1.25 bits per heavy atom. The van der Waals surface area contributed by atoms with Crippen LogP contribution in [0.15, 0.2) is 12.4 Å². The Morgan fingerprint density at radius 2 is 1.94 bits per heavy atom. The van der Waals surface area contributed by atoms with E-state index in [4.69, 9.17) is 0 Å². The second-order valence-corrected chi connectivity index (χ2v) is 4.90. The van der Waals surface area contributed by atoms with E-state index in [1.54, 1.807) is 12.4 Å². The fourth-order valence-electron chi connectivity index (χ4n) is 2.63. The highest BCUT2D eigenvalue weighted by Gasteiger charge is 2.31. The third-order valence-electron chi connectivity index (χ3n) is 3.93. The van der Waals surface area contributed by atoms with Crippen molar-refractivity contribution >= 4 is 5.82 Å². The Bertz CT molecular complexity index is 343. The molecule has 0 aromatic carbocycles. The molecule has 0 aliphatic heterocycles. The second kappa shape index (κ2) is 4.81. The highest BCUT2D eigenvalue weighted by Crippen LogP contribution is 2.40. The summed E-state index contributed by atoms with van der Waals surface area (Å²) in [5.74, 6) is 0.947. The van der Waals surface area contributed by atoms with E-state index < -0.39 is 0 Å². The minimum Gasteiger partial charge on any atom is -0.368 e. The van der Waals surface area contributed by atoms with Crippen LogP contribution in [0.25, 0.3) is 0 Å². The summed E-state index contributed by atoms with van der Waals surface area (Å²) >= 11 is 0. The molecule has 1 N–H and O–H groups in total. The van der Waals surface area contributed by atoms with E-state index >= 15 is 0 Å². The van der Waals surface area contributed by atoms with E-state index in [1.165, 1.54) is 32.1 Å². The molecule has 2 rings (SSSR count). The number of aromatic nitrogens is 2. The molecule has 1 fully saturated rings. The summed E-state index contributed by atoms with van der Waals surface area (Å²) in [5.41, 5.74) is 1.50. The summed E-state index contributed by atoms with van der Waals surface area (Å²) in [4.78, 5) is 8.58. The van der Waals surface area contributed by atoms with Crippen molar-refractivity contribution in [1.29, 1.82) is 0 Å². The van der Waals surface area contributed by atoms with E-state index in [-0.39, 0.29) is 0 Å². The average molecular weight is 219 g/mol. The van der Waals surface area contributed by atoms with Crippen molar-refractivity contribution in [3.63, 3.8) is 0 Å². The molecule has 1 saturated carbocycles. The van der Waals surface area contributed by atoms with Crippen molar-refractivity contribution in [2.24, 2.45) is 5.41 Å². The zero-order valence-corrected chi connectivity index (χ0v) is 10.3. The SMILES string of the molecule is CCC1(CNc2nccnc2C)CCCC1. The van der Waals surface area contributed by atoms with Gasteiger partial charge in [0.1, 0.15) is 5.82 Å². The fourth-order valence-corrected chi connectivity index (χ4v) is 2.63. The first kappa shape index (κ1) is 11.4. The maximum atomic E-state index is 4.33. The molecule has 0 unspecified atom stereocenters. The van der Waals surface area contributed by atoms with Crippen LogP contribution < -0.4 is 5.32 Å². The highest BCUT2D eigenvalue weighted by molar-refractivity contribution is 5.38. The Labute approximate surface area is 97.7 Å². The summed E-state index contributed by atoms with van der Waals surface area (Å²) in [6.07, 6.45) is 10.2. The van der Waals surface area contributed by atoms with E-state index in [0.29, 0.717) is 5.41 Å². The first-order chi connectivity index (χ1) is 7.76. The van der Waals surface area contributed by atoms with E-state index in [9.17, 15) is 0 Å². The number of hydrogen-bond donors (Lipinski definition) is 1. The molecule has 3 heteroatoms. The first-order valence-electron chi connectivity index (χ1n) is 6.27. The maximum Gasteiger partial charge on any atom is 0.147 e. The van der Waals surface area contributed by atoms with Crippen molar-refractivity contribution in [2.45, 2.75) is 46.0 Å². The minimum absolute atomic E-state index is 0.504. The van der Waals surface area contributed by atoms with Crippen LogP contribution in [0, 0.1) is 12.3 Å². The monoisotopic (exact) mass is 219 g/mol. The molecule has 0 bridgehead atoms. The Kier molecular flexibility index (Phi) is 3.42. The fraction of sp³-hybridized carbons (Fsp3) is 0.692. The van der Waals surface area contributed by atoms with Crippen LogP contribution in [-0.2, 0) is 0 Å². The number of nitrogens with zero attached hydrogens (tertiary/aromatic N) is 2. The number of nitrogens with one attached hydrogen (secondary N) is 1. The molecule has 1 heterocycles. The third kappa shape index (κ3) is 2.34. The van der Waals surface area contributed by atoms with Gasteiger partial charge in [0, 0.05) is 18.9 Å². The quantitative estimate of drug-likeness (QED) is 0.845. The van der Waals surface area contributed by atoms with Gasteiger partial charge in [-0.25, -0.2) is 4.98 Å². The number of hydrogen-bond acceptors (Lipinski definition) is 3. The first-order valence-corrected chi connectivity index (χ1v) is 6.27. The lowest BCUT2D eigenvalue weighted by Gasteiger charge is -2.28. The largest absolute Gasteiger partial charge is 0.368 e. The van der Waals surface area contributed by atoms with E-state index in [0.717, 1.165) is 18.1 Å². The highest BCUT2D eigenvalue weighted by atomic mass is 15.0. The molecular formula is C13H21N3. The van der Waals surface area contributed by atoms with Crippen molar-refractivity contribution < 1.29 is 0 Å². The molecule has 1 aliphatic carbocycles. The van der Waals surface area contributed by atoms with Crippen LogP contribution >= 0.6 is 0 Å². The minimum atomic E-state index is 0.504. The Hall–Kier alpha value is -1.12. The lowest BCUT2D eigenvalue weighted by Crippen LogP contribution is -2.26. The Morgan fingerprint density at radius 3 is 2.56 bits per heavy atom. The topological polar surface area (TPSA) is 37.8 Å². The van der Waals surface area contributed by atoms with Crippen molar-refractivity contribution in [1.82, 2.24) is 9.97 Å². The molecule has 3 nitrogen and oxygen atoms in total. The van der Waals surface area contributed by atoms with Gasteiger partial charge in [0.25, 0.3) is 0 Å². The molecule has 0 radical (unpaired) electrons. The zero-order valence-electron chi connectivity index (χ0n) is 10.3. The van der Waals surface area contributed by atoms with Gasteiger partial charge in [-0.3, -0.25) is 4.98 Å². The van der Waals surface area contributed by atoms with E-state index in [1.807, 2.05) is 6.92 Å². The van der Waals surface area contributed by atoms with Crippen LogP contribution in [0.3, 0.4) is 0 Å². The van der Waals surface area contributed by atoms with Gasteiger partial charge in [0.15, 0.2) is 0 Å². The van der Waals surface area contributed by atoms with Crippen LogP contribution in [-0.4, -0.2) is 16.5 Å². The number of aryl methyl sites for hydroxylation is 1. The van der Waals surface area contributed by atoms with Gasteiger partial charge in [-0.1, -0.05) is 19.8 Å². The molecule has 1 aromatic heterocycles. The standard InChI is InChI=1S/C13H21N3/c1-3-13(6-4-5-7-13)10-16-12-11(2)14-8-9-15-12/h8-9H,3-7,10H2,1-2H3,(H,15,16). The van der Waals surface area contributed by atoms with E-state index in [2.05, 4.69) is 22.2 Å². The van der Waals surface area contributed by atoms with Crippen molar-refractivity contribution in [3.05, 3.63) is 18.1 Å². The van der Waals surface area contributed by atoms with Gasteiger partial charge >= 0.3 is 0 Å². The van der Waals surface area contributed by atoms with Crippen LogP contribution in [0.5, 0.6) is 0 Å². The van der Waals surface area contributed by atoms with Gasteiger partial charge in [-0.15, -0.1) is 0 Å². The van der Waals surface area contributed by atoms with Crippen LogP contribution in [0.1, 0.15) is 44.7 Å². The summed E-state index contributed by atoms with van der Waals surface area (Å²) in [6.45, 7) is 5.35. The molecule has 1 aromatic rings.